The molecular weight excluding hydrogens is 388 g/mol. The van der Waals surface area contributed by atoms with Crippen LogP contribution in [0, 0.1) is 11.3 Å². The molecule has 2 aromatic heterocycles. The second-order valence-corrected chi connectivity index (χ2v) is 8.54. The van der Waals surface area contributed by atoms with Crippen molar-refractivity contribution in [1.82, 2.24) is 9.80 Å². The van der Waals surface area contributed by atoms with Gasteiger partial charge in [-0.25, -0.2) is 0 Å². The first kappa shape index (κ1) is 19.7. The molecule has 0 bridgehead atoms. The number of hydrogen-bond donors (Lipinski definition) is 1. The highest BCUT2D eigenvalue weighted by Crippen LogP contribution is 2.37. The molecule has 7 nitrogen and oxygen atoms in total. The van der Waals surface area contributed by atoms with Crippen LogP contribution in [0.3, 0.4) is 0 Å². The molecule has 0 spiro atoms. The third-order valence-corrected chi connectivity index (χ3v) is 6.79. The van der Waals surface area contributed by atoms with Crippen LogP contribution in [0.5, 0.6) is 0 Å². The summed E-state index contributed by atoms with van der Waals surface area (Å²) in [5.41, 5.74) is 1.79. The van der Waals surface area contributed by atoms with Crippen LogP contribution in [-0.2, 0) is 17.6 Å². The maximum atomic E-state index is 12.4. The van der Waals surface area contributed by atoms with Gasteiger partial charge in [0, 0.05) is 44.0 Å². The Labute approximate surface area is 173 Å². The molecule has 1 aliphatic heterocycles. The van der Waals surface area contributed by atoms with Gasteiger partial charge in [0.1, 0.15) is 11.1 Å². The Balaban J connectivity index is 1.25. The van der Waals surface area contributed by atoms with E-state index in [4.69, 9.17) is 4.42 Å². The number of carbonyl (C=O) groups is 2. The molecule has 1 N–H and O–H groups in total. The van der Waals surface area contributed by atoms with E-state index >= 15 is 0 Å². The predicted molar refractivity (Wildman–Crippen MR) is 110 cm³/mol. The lowest BCUT2D eigenvalue weighted by atomic mass is 9.96. The summed E-state index contributed by atoms with van der Waals surface area (Å²) in [5, 5.41) is 13.2. The summed E-state index contributed by atoms with van der Waals surface area (Å²) in [6.45, 7) is 3.35. The fourth-order valence-electron chi connectivity index (χ4n) is 3.95. The first-order chi connectivity index (χ1) is 14.2. The van der Waals surface area contributed by atoms with Gasteiger partial charge in [-0.3, -0.25) is 14.5 Å². The fourth-order valence-corrected chi connectivity index (χ4v) is 5.21. The smallest absolute Gasteiger partial charge is 0.289 e. The van der Waals surface area contributed by atoms with Crippen molar-refractivity contribution in [3.63, 3.8) is 0 Å². The number of anilines is 1. The third-order valence-electron chi connectivity index (χ3n) is 5.58. The minimum atomic E-state index is -0.0851. The molecule has 2 amide bonds. The van der Waals surface area contributed by atoms with Gasteiger partial charge in [-0.2, -0.15) is 5.26 Å². The molecule has 3 heterocycles. The number of carbonyl (C=O) groups excluding carboxylic acids is 2. The first-order valence-electron chi connectivity index (χ1n) is 10.1. The molecule has 29 heavy (non-hydrogen) atoms. The van der Waals surface area contributed by atoms with E-state index in [9.17, 15) is 14.9 Å². The van der Waals surface area contributed by atoms with Crippen molar-refractivity contribution in [3.8, 4) is 6.07 Å². The number of fused-ring (bicyclic) bond motifs is 1. The number of amides is 2. The van der Waals surface area contributed by atoms with Crippen molar-refractivity contribution in [2.45, 2.75) is 32.1 Å². The van der Waals surface area contributed by atoms with Crippen molar-refractivity contribution in [2.24, 2.45) is 0 Å². The molecule has 0 saturated carbocycles. The van der Waals surface area contributed by atoms with E-state index in [0.717, 1.165) is 44.3 Å². The second-order valence-electron chi connectivity index (χ2n) is 7.44. The summed E-state index contributed by atoms with van der Waals surface area (Å²) in [6, 6.07) is 5.67. The van der Waals surface area contributed by atoms with Gasteiger partial charge in [0.25, 0.3) is 5.91 Å². The van der Waals surface area contributed by atoms with Gasteiger partial charge >= 0.3 is 0 Å². The minimum Gasteiger partial charge on any atom is -0.459 e. The van der Waals surface area contributed by atoms with Gasteiger partial charge in [0.15, 0.2) is 5.76 Å². The summed E-state index contributed by atoms with van der Waals surface area (Å²) in [5.74, 6) is 0.219. The Kier molecular flexibility index (Phi) is 5.97. The van der Waals surface area contributed by atoms with Crippen LogP contribution >= 0.6 is 11.3 Å². The van der Waals surface area contributed by atoms with Gasteiger partial charge in [-0.05, 0) is 43.4 Å². The SMILES string of the molecule is N#Cc1c(NC(=O)CCN2CCN(C(=O)c3ccco3)CC2)sc2c1CCCC2. The van der Waals surface area contributed by atoms with Crippen molar-refractivity contribution in [3.05, 3.63) is 40.2 Å². The highest BCUT2D eigenvalue weighted by molar-refractivity contribution is 7.16. The van der Waals surface area contributed by atoms with E-state index in [1.54, 1.807) is 28.4 Å². The van der Waals surface area contributed by atoms with E-state index < -0.39 is 0 Å². The molecule has 8 heteroatoms. The topological polar surface area (TPSA) is 89.6 Å². The molecule has 2 aliphatic rings. The molecule has 0 aromatic carbocycles. The largest absolute Gasteiger partial charge is 0.459 e. The number of hydrogen-bond acceptors (Lipinski definition) is 6. The Morgan fingerprint density at radius 3 is 2.72 bits per heavy atom. The average molecular weight is 413 g/mol. The fraction of sp³-hybridized carbons (Fsp3) is 0.476. The van der Waals surface area contributed by atoms with E-state index in [0.29, 0.717) is 42.4 Å². The van der Waals surface area contributed by atoms with Crippen LogP contribution in [0.4, 0.5) is 5.00 Å². The lowest BCUT2D eigenvalue weighted by Gasteiger charge is -2.34. The van der Waals surface area contributed by atoms with E-state index in [-0.39, 0.29) is 11.8 Å². The van der Waals surface area contributed by atoms with E-state index in [2.05, 4.69) is 16.3 Å². The Morgan fingerprint density at radius 2 is 2.00 bits per heavy atom. The molecule has 1 saturated heterocycles. The molecule has 4 rings (SSSR count). The number of rotatable bonds is 5. The van der Waals surface area contributed by atoms with Crippen LogP contribution in [0.1, 0.15) is 45.8 Å². The van der Waals surface area contributed by atoms with E-state index in [1.807, 2.05) is 0 Å². The van der Waals surface area contributed by atoms with Crippen LogP contribution in [-0.4, -0.2) is 54.3 Å². The second kappa shape index (κ2) is 8.80. The van der Waals surface area contributed by atoms with Crippen LogP contribution in [0.2, 0.25) is 0 Å². The highest BCUT2D eigenvalue weighted by atomic mass is 32.1. The van der Waals surface area contributed by atoms with Crippen molar-refractivity contribution >= 4 is 28.2 Å². The molecule has 1 aliphatic carbocycles. The minimum absolute atomic E-state index is 0.0609. The number of nitrogens with one attached hydrogen (secondary N) is 1. The Bertz CT molecular complexity index is 921. The number of nitriles is 1. The Hall–Kier alpha value is -2.63. The summed E-state index contributed by atoms with van der Waals surface area (Å²) in [4.78, 5) is 30.0. The summed E-state index contributed by atoms with van der Waals surface area (Å²) < 4.78 is 5.18. The quantitative estimate of drug-likeness (QED) is 0.816. The van der Waals surface area contributed by atoms with Crippen LogP contribution in [0.25, 0.3) is 0 Å². The van der Waals surface area contributed by atoms with Crippen molar-refractivity contribution in [1.29, 1.82) is 5.26 Å². The summed E-state index contributed by atoms with van der Waals surface area (Å²) in [7, 11) is 0. The summed E-state index contributed by atoms with van der Waals surface area (Å²) in [6.07, 6.45) is 6.08. The van der Waals surface area contributed by atoms with Crippen molar-refractivity contribution in [2.75, 3.05) is 38.0 Å². The zero-order valence-corrected chi connectivity index (χ0v) is 17.1. The van der Waals surface area contributed by atoms with Gasteiger partial charge < -0.3 is 14.6 Å². The van der Waals surface area contributed by atoms with Gasteiger partial charge in [-0.1, -0.05) is 0 Å². The zero-order chi connectivity index (χ0) is 20.2. The number of aryl methyl sites for hydroxylation is 1. The monoisotopic (exact) mass is 412 g/mol. The molecular formula is C21H24N4O3S. The average Bonchev–Trinajstić information content (AvgIpc) is 3.39. The lowest BCUT2D eigenvalue weighted by Crippen LogP contribution is -2.49. The molecule has 0 atom stereocenters. The normalized spacial score (nSPS) is 16.9. The number of thiophene rings is 1. The van der Waals surface area contributed by atoms with Gasteiger partial charge in [-0.15, -0.1) is 11.3 Å². The molecule has 0 radical (unpaired) electrons. The molecule has 1 fully saturated rings. The predicted octanol–water partition coefficient (Wildman–Crippen LogP) is 2.88. The molecule has 2 aromatic rings. The molecule has 152 valence electrons. The number of piperazine rings is 1. The summed E-state index contributed by atoms with van der Waals surface area (Å²) >= 11 is 1.56. The number of nitrogens with zero attached hydrogens (tertiary/aromatic N) is 3. The molecule has 0 unspecified atom stereocenters. The van der Waals surface area contributed by atoms with Crippen LogP contribution < -0.4 is 5.32 Å². The van der Waals surface area contributed by atoms with Crippen molar-refractivity contribution < 1.29 is 14.0 Å². The van der Waals surface area contributed by atoms with Gasteiger partial charge in [0.2, 0.25) is 5.91 Å². The number of furan rings is 1. The van der Waals surface area contributed by atoms with Gasteiger partial charge in [0.05, 0.1) is 11.8 Å². The first-order valence-corrected chi connectivity index (χ1v) is 10.9. The maximum absolute atomic E-state index is 12.4. The lowest BCUT2D eigenvalue weighted by molar-refractivity contribution is -0.116. The third kappa shape index (κ3) is 4.36. The highest BCUT2D eigenvalue weighted by Gasteiger charge is 2.25. The standard InChI is InChI=1S/C21H24N4O3S/c22-14-16-15-4-1-2-6-18(15)29-20(16)23-19(26)7-8-24-9-11-25(12-10-24)21(27)17-5-3-13-28-17/h3,5,13H,1-2,4,6-12H2,(H,23,26). The maximum Gasteiger partial charge on any atom is 0.289 e. The Morgan fingerprint density at radius 1 is 1.21 bits per heavy atom. The van der Waals surface area contributed by atoms with Crippen LogP contribution in [0.15, 0.2) is 22.8 Å². The van der Waals surface area contributed by atoms with E-state index in [1.165, 1.54) is 11.1 Å². The zero-order valence-electron chi connectivity index (χ0n) is 16.3.